The predicted octanol–water partition coefficient (Wildman–Crippen LogP) is 4.51. The third kappa shape index (κ3) is 10.2. The number of halogens is 6. The average Bonchev–Trinajstić information content (AvgIpc) is 2.47. The van der Waals surface area contributed by atoms with E-state index < -0.39 is 25.6 Å². The van der Waals surface area contributed by atoms with Gasteiger partial charge >= 0.3 is 12.4 Å². The first kappa shape index (κ1) is 22.1. The fourth-order valence-electron chi connectivity index (χ4n) is 1.61. The Balaban J connectivity index is 2.90. The van der Waals surface area contributed by atoms with Gasteiger partial charge in [-0.1, -0.05) is 13.8 Å². The summed E-state index contributed by atoms with van der Waals surface area (Å²) in [7, 11) is 0. The van der Waals surface area contributed by atoms with Crippen LogP contribution in [-0.4, -0.2) is 37.2 Å². The van der Waals surface area contributed by atoms with E-state index in [-0.39, 0.29) is 28.2 Å². The highest BCUT2D eigenvalue weighted by Crippen LogP contribution is 2.29. The molecular weight excluding hydrogens is 386 g/mol. The van der Waals surface area contributed by atoms with Gasteiger partial charge in [0.1, 0.15) is 11.5 Å². The number of nitrogens with one attached hydrogen (secondary N) is 2. The summed E-state index contributed by atoms with van der Waals surface area (Å²) < 4.78 is 82.8. The molecule has 0 aliphatic heterocycles. The van der Waals surface area contributed by atoms with Crippen LogP contribution in [0.15, 0.2) is 18.2 Å². The van der Waals surface area contributed by atoms with Crippen molar-refractivity contribution in [1.82, 2.24) is 5.32 Å². The van der Waals surface area contributed by atoms with E-state index in [1.807, 2.05) is 13.8 Å². The van der Waals surface area contributed by atoms with E-state index in [1.54, 1.807) is 0 Å². The summed E-state index contributed by atoms with van der Waals surface area (Å²) in [5.41, 5.74) is 0.128. The summed E-state index contributed by atoms with van der Waals surface area (Å²) in [5, 5.41) is 5.69. The molecule has 0 unspecified atom stereocenters. The molecule has 2 N–H and O–H groups in total. The molecule has 0 saturated carbocycles. The summed E-state index contributed by atoms with van der Waals surface area (Å²) in [6.45, 7) is 1.22. The summed E-state index contributed by atoms with van der Waals surface area (Å²) in [5.74, 6) is -0.339. The number of anilines is 1. The van der Waals surface area contributed by atoms with Gasteiger partial charge in [0.05, 0.1) is 0 Å². The van der Waals surface area contributed by atoms with Gasteiger partial charge in [0.25, 0.3) is 0 Å². The average molecular weight is 404 g/mol. The molecule has 26 heavy (non-hydrogen) atoms. The number of benzene rings is 1. The molecule has 0 atom stereocenters. The van der Waals surface area contributed by atoms with Crippen LogP contribution in [0.2, 0.25) is 0 Å². The van der Waals surface area contributed by atoms with Crippen LogP contribution in [0, 0.1) is 5.92 Å². The fourth-order valence-corrected chi connectivity index (χ4v) is 1.81. The van der Waals surface area contributed by atoms with Gasteiger partial charge in [-0.25, -0.2) is 0 Å². The van der Waals surface area contributed by atoms with Gasteiger partial charge in [-0.05, 0) is 18.1 Å². The van der Waals surface area contributed by atoms with Crippen LogP contribution in [0.3, 0.4) is 0 Å². The number of hydrogen-bond acceptors (Lipinski definition) is 3. The molecule has 0 aliphatic carbocycles. The maximum atomic E-state index is 12.3. The van der Waals surface area contributed by atoms with Crippen molar-refractivity contribution in [2.24, 2.45) is 5.92 Å². The number of thiocarbonyl (C=S) groups is 1. The quantitative estimate of drug-likeness (QED) is 0.517. The van der Waals surface area contributed by atoms with E-state index in [0.29, 0.717) is 6.54 Å². The molecule has 0 aliphatic rings. The molecule has 1 aromatic carbocycles. The summed E-state index contributed by atoms with van der Waals surface area (Å²) in [4.78, 5) is 0. The normalized spacial score (nSPS) is 12.0. The highest BCUT2D eigenvalue weighted by Gasteiger charge is 2.30. The van der Waals surface area contributed by atoms with Crippen molar-refractivity contribution in [3.05, 3.63) is 18.2 Å². The van der Waals surface area contributed by atoms with Gasteiger partial charge in [-0.15, -0.1) is 0 Å². The first-order valence-electron chi connectivity index (χ1n) is 7.43. The molecule has 0 bridgehead atoms. The summed E-state index contributed by atoms with van der Waals surface area (Å²) >= 11 is 5.02. The number of alkyl halides is 6. The van der Waals surface area contributed by atoms with Crippen molar-refractivity contribution < 1.29 is 35.8 Å². The fraction of sp³-hybridized carbons (Fsp3) is 0.533. The maximum absolute atomic E-state index is 12.3. The lowest BCUT2D eigenvalue weighted by Gasteiger charge is -2.16. The second-order valence-electron chi connectivity index (χ2n) is 5.73. The van der Waals surface area contributed by atoms with E-state index in [9.17, 15) is 26.3 Å². The Kier molecular flexibility index (Phi) is 7.79. The van der Waals surface area contributed by atoms with Crippen molar-refractivity contribution in [2.75, 3.05) is 25.1 Å². The van der Waals surface area contributed by atoms with Gasteiger partial charge in [-0.2, -0.15) is 26.3 Å². The first-order valence-corrected chi connectivity index (χ1v) is 7.84. The zero-order valence-corrected chi connectivity index (χ0v) is 14.7. The van der Waals surface area contributed by atoms with Gasteiger partial charge in [0, 0.05) is 30.4 Å². The van der Waals surface area contributed by atoms with Crippen molar-refractivity contribution in [3.63, 3.8) is 0 Å². The third-order valence-electron chi connectivity index (χ3n) is 2.61. The second kappa shape index (κ2) is 9.15. The molecule has 0 amide bonds. The van der Waals surface area contributed by atoms with E-state index in [2.05, 4.69) is 20.1 Å². The van der Waals surface area contributed by atoms with Gasteiger partial charge in [0.2, 0.25) is 0 Å². The minimum Gasteiger partial charge on any atom is -0.484 e. The molecule has 0 aromatic heterocycles. The highest BCUT2D eigenvalue weighted by atomic mass is 32.1. The Labute approximate surface area is 151 Å². The summed E-state index contributed by atoms with van der Waals surface area (Å²) in [6, 6.07) is 3.29. The highest BCUT2D eigenvalue weighted by molar-refractivity contribution is 7.80. The van der Waals surface area contributed by atoms with Crippen LogP contribution < -0.4 is 20.1 Å². The SMILES string of the molecule is CC(C)CNC(=S)Nc1cc(OCC(F)(F)F)cc(OCC(F)(F)F)c1. The van der Waals surface area contributed by atoms with Crippen LogP contribution in [-0.2, 0) is 0 Å². The zero-order valence-electron chi connectivity index (χ0n) is 13.9. The second-order valence-corrected chi connectivity index (χ2v) is 6.14. The van der Waals surface area contributed by atoms with Crippen molar-refractivity contribution in [1.29, 1.82) is 0 Å². The third-order valence-corrected chi connectivity index (χ3v) is 2.86. The van der Waals surface area contributed by atoms with Crippen LogP contribution >= 0.6 is 12.2 Å². The van der Waals surface area contributed by atoms with Gasteiger partial charge in [0.15, 0.2) is 18.3 Å². The minimum atomic E-state index is -4.59. The maximum Gasteiger partial charge on any atom is 0.422 e. The molecule has 148 valence electrons. The molecule has 0 radical (unpaired) electrons. The van der Waals surface area contributed by atoms with Crippen LogP contribution in [0.5, 0.6) is 11.5 Å². The molecule has 11 heteroatoms. The lowest BCUT2D eigenvalue weighted by molar-refractivity contribution is -0.153. The zero-order chi connectivity index (χ0) is 20.0. The van der Waals surface area contributed by atoms with Crippen LogP contribution in [0.25, 0.3) is 0 Å². The standard InChI is InChI=1S/C15H18F6N2O2S/c1-9(2)6-22-13(26)23-10-3-11(24-7-14(16,17)18)5-12(4-10)25-8-15(19,20)21/h3-5,9H,6-8H2,1-2H3,(H2,22,23,26). The molecular formula is C15H18F6N2O2S. The molecule has 1 rings (SSSR count). The molecule has 0 saturated heterocycles. The smallest absolute Gasteiger partial charge is 0.422 e. The van der Waals surface area contributed by atoms with E-state index in [4.69, 9.17) is 12.2 Å². The molecule has 0 heterocycles. The predicted molar refractivity (Wildman–Crippen MR) is 88.6 cm³/mol. The van der Waals surface area contributed by atoms with E-state index >= 15 is 0 Å². The van der Waals surface area contributed by atoms with Gasteiger partial charge in [-0.3, -0.25) is 0 Å². The topological polar surface area (TPSA) is 42.5 Å². The Morgan fingerprint density at radius 2 is 1.42 bits per heavy atom. The van der Waals surface area contributed by atoms with Crippen molar-refractivity contribution >= 4 is 23.0 Å². The number of ether oxygens (including phenoxy) is 2. The minimum absolute atomic E-state index is 0.128. The van der Waals surface area contributed by atoms with Crippen LogP contribution in [0.4, 0.5) is 32.0 Å². The molecule has 0 fully saturated rings. The Morgan fingerprint density at radius 1 is 0.962 bits per heavy atom. The molecule has 1 aromatic rings. The van der Waals surface area contributed by atoms with E-state index in [0.717, 1.165) is 6.07 Å². The molecule has 4 nitrogen and oxygen atoms in total. The van der Waals surface area contributed by atoms with E-state index in [1.165, 1.54) is 12.1 Å². The number of rotatable bonds is 7. The Hall–Kier alpha value is -1.91. The van der Waals surface area contributed by atoms with Crippen molar-refractivity contribution in [3.8, 4) is 11.5 Å². The monoisotopic (exact) mass is 404 g/mol. The lowest BCUT2D eigenvalue weighted by Crippen LogP contribution is -2.31. The Morgan fingerprint density at radius 3 is 1.81 bits per heavy atom. The Bertz CT molecular complexity index is 569. The lowest BCUT2D eigenvalue weighted by atomic mass is 10.2. The van der Waals surface area contributed by atoms with Crippen molar-refractivity contribution in [2.45, 2.75) is 26.2 Å². The number of hydrogen-bond donors (Lipinski definition) is 2. The molecule has 0 spiro atoms. The largest absolute Gasteiger partial charge is 0.484 e. The van der Waals surface area contributed by atoms with Crippen LogP contribution in [0.1, 0.15) is 13.8 Å². The van der Waals surface area contributed by atoms with Gasteiger partial charge < -0.3 is 20.1 Å². The summed E-state index contributed by atoms with van der Waals surface area (Å²) in [6.07, 6.45) is -9.19. The first-order chi connectivity index (χ1) is 11.8.